The molecule has 0 amide bonds. The van der Waals surface area contributed by atoms with Crippen molar-refractivity contribution in [3.8, 4) is 11.1 Å². The minimum atomic E-state index is -2.38. The third kappa shape index (κ3) is 3.27. The summed E-state index contributed by atoms with van der Waals surface area (Å²) in [4.78, 5) is 23.5. The topological polar surface area (TPSA) is 32.9 Å². The average molecular weight is 410 g/mol. The van der Waals surface area contributed by atoms with Crippen molar-refractivity contribution in [1.82, 2.24) is 4.98 Å². The van der Waals surface area contributed by atoms with Crippen LogP contribution in [0.4, 0.5) is 0 Å². The van der Waals surface area contributed by atoms with Gasteiger partial charge in [0.2, 0.25) is 0 Å². The molecule has 0 fully saturated rings. The van der Waals surface area contributed by atoms with Crippen LogP contribution in [-0.4, -0.2) is 29.1 Å². The molecule has 2 nitrogen and oxygen atoms in total. The zero-order chi connectivity index (χ0) is 16.4. The summed E-state index contributed by atoms with van der Waals surface area (Å²) in [6.45, 7) is 0. The molecule has 0 aliphatic carbocycles. The van der Waals surface area contributed by atoms with Gasteiger partial charge in [-0.1, -0.05) is 0 Å². The maximum atomic E-state index is 13.0. The van der Waals surface area contributed by atoms with Crippen LogP contribution in [0, 0.1) is 0 Å². The first kappa shape index (κ1) is 16.1. The van der Waals surface area contributed by atoms with Crippen molar-refractivity contribution in [2.24, 2.45) is 0 Å². The van der Waals surface area contributed by atoms with Crippen LogP contribution in [0.5, 0.6) is 0 Å². The van der Waals surface area contributed by atoms with E-state index in [1.54, 1.807) is 0 Å². The predicted molar refractivity (Wildman–Crippen MR) is 99.1 cm³/mol. The standard InChI is InChI=1S/C17H12NO.3CH3.Sn/c19-17(14-9-5-2-6-10-14)16-12-18-11-15(16)13-7-3-1-4-8-13;;;;/h1-10,12,18H;3*1H3;. The van der Waals surface area contributed by atoms with Crippen LogP contribution in [-0.2, 0) is 0 Å². The number of H-pyrrole nitrogens is 1. The minimum absolute atomic E-state index is 0.0856. The molecule has 0 aliphatic rings. The number of rotatable bonds is 4. The molecule has 0 spiro atoms. The van der Waals surface area contributed by atoms with Crippen LogP contribution in [0.2, 0.25) is 14.8 Å². The van der Waals surface area contributed by atoms with Crippen LogP contribution >= 0.6 is 0 Å². The van der Waals surface area contributed by atoms with Gasteiger partial charge in [0, 0.05) is 0 Å². The number of carbonyl (C=O) groups is 1. The molecule has 0 saturated carbocycles. The quantitative estimate of drug-likeness (QED) is 0.500. The first-order valence-corrected chi connectivity index (χ1v) is 17.8. The summed E-state index contributed by atoms with van der Waals surface area (Å²) in [6, 6.07) is 19.8. The monoisotopic (exact) mass is 411 g/mol. The first-order valence-electron chi connectivity index (χ1n) is 7.85. The van der Waals surface area contributed by atoms with Crippen LogP contribution in [0.15, 0.2) is 66.9 Å². The van der Waals surface area contributed by atoms with Gasteiger partial charge in [0.05, 0.1) is 0 Å². The van der Waals surface area contributed by atoms with Gasteiger partial charge in [0.15, 0.2) is 0 Å². The zero-order valence-electron chi connectivity index (χ0n) is 13.8. The van der Waals surface area contributed by atoms with Gasteiger partial charge < -0.3 is 0 Å². The third-order valence-corrected chi connectivity index (χ3v) is 9.38. The summed E-state index contributed by atoms with van der Waals surface area (Å²) >= 11 is -2.38. The Bertz CT molecular complexity index is 814. The molecule has 3 aromatic rings. The number of nitrogens with one attached hydrogen (secondary N) is 1. The van der Waals surface area contributed by atoms with Crippen molar-refractivity contribution >= 4 is 27.9 Å². The van der Waals surface area contributed by atoms with Crippen molar-refractivity contribution < 1.29 is 4.79 Å². The van der Waals surface area contributed by atoms with E-state index in [0.717, 1.165) is 22.3 Å². The molecule has 23 heavy (non-hydrogen) atoms. The van der Waals surface area contributed by atoms with Gasteiger partial charge in [-0.05, 0) is 0 Å². The van der Waals surface area contributed by atoms with E-state index in [0.29, 0.717) is 0 Å². The molecule has 0 radical (unpaired) electrons. The van der Waals surface area contributed by atoms with Gasteiger partial charge in [-0.25, -0.2) is 0 Å². The van der Waals surface area contributed by atoms with Gasteiger partial charge in [0.25, 0.3) is 0 Å². The van der Waals surface area contributed by atoms with Crippen molar-refractivity contribution in [2.45, 2.75) is 14.8 Å². The number of aromatic amines is 1. The SMILES string of the molecule is [CH3][Sn]([CH3])([CH3])[c]1[nH]cc(C(=O)c2ccccc2)c1-c1ccccc1. The summed E-state index contributed by atoms with van der Waals surface area (Å²) in [5.74, 6) is 0.0856. The van der Waals surface area contributed by atoms with Crippen LogP contribution in [0.3, 0.4) is 0 Å². The zero-order valence-corrected chi connectivity index (χ0v) is 16.6. The van der Waals surface area contributed by atoms with E-state index in [1.807, 2.05) is 54.7 Å². The molecule has 0 atom stereocenters. The van der Waals surface area contributed by atoms with Crippen molar-refractivity contribution in [1.29, 1.82) is 0 Å². The van der Waals surface area contributed by atoms with E-state index in [2.05, 4.69) is 31.9 Å². The van der Waals surface area contributed by atoms with E-state index in [1.165, 1.54) is 3.71 Å². The number of carbonyl (C=O) groups excluding carboxylic acids is 1. The number of ketones is 1. The van der Waals surface area contributed by atoms with Crippen LogP contribution in [0.1, 0.15) is 15.9 Å². The molecule has 1 N–H and O–H groups in total. The molecule has 0 aliphatic heterocycles. The fourth-order valence-corrected chi connectivity index (χ4v) is 7.22. The first-order chi connectivity index (χ1) is 11.0. The molecular weight excluding hydrogens is 389 g/mol. The van der Waals surface area contributed by atoms with E-state index in [4.69, 9.17) is 0 Å². The van der Waals surface area contributed by atoms with Crippen molar-refractivity contribution in [3.05, 3.63) is 78.0 Å². The number of aromatic nitrogens is 1. The average Bonchev–Trinajstić information content (AvgIpc) is 3.01. The Labute approximate surface area is 141 Å². The third-order valence-electron chi connectivity index (χ3n) is 3.97. The molecule has 2 aromatic carbocycles. The van der Waals surface area contributed by atoms with Gasteiger partial charge >= 0.3 is 142 Å². The Balaban J connectivity index is 2.19. The molecule has 3 heteroatoms. The fraction of sp³-hybridized carbons (Fsp3) is 0.150. The number of benzene rings is 2. The second kappa shape index (κ2) is 6.36. The normalized spacial score (nSPS) is 11.4. The number of hydrogen-bond donors (Lipinski definition) is 1. The van der Waals surface area contributed by atoms with Gasteiger partial charge in [-0.3, -0.25) is 0 Å². The van der Waals surface area contributed by atoms with Gasteiger partial charge in [0.1, 0.15) is 0 Å². The summed E-state index contributed by atoms with van der Waals surface area (Å²) in [5, 5.41) is 0. The summed E-state index contributed by atoms with van der Waals surface area (Å²) in [7, 11) is 0. The summed E-state index contributed by atoms with van der Waals surface area (Å²) in [5.41, 5.74) is 3.74. The predicted octanol–water partition coefficient (Wildman–Crippen LogP) is 4.46. The fourth-order valence-electron chi connectivity index (χ4n) is 2.84. The Morgan fingerprint density at radius 2 is 1.43 bits per heavy atom. The van der Waals surface area contributed by atoms with E-state index < -0.39 is 18.4 Å². The second-order valence-electron chi connectivity index (χ2n) is 6.76. The Kier molecular flexibility index (Phi) is 4.44. The van der Waals surface area contributed by atoms with Crippen molar-refractivity contribution in [3.63, 3.8) is 0 Å². The Morgan fingerprint density at radius 1 is 0.870 bits per heavy atom. The number of hydrogen-bond acceptors (Lipinski definition) is 1. The molecule has 1 aromatic heterocycles. The molecule has 116 valence electrons. The molecule has 3 rings (SSSR count). The van der Waals surface area contributed by atoms with E-state index in [-0.39, 0.29) is 5.78 Å². The van der Waals surface area contributed by atoms with Gasteiger partial charge in [-0.2, -0.15) is 0 Å². The molecule has 0 bridgehead atoms. The molecule has 0 unspecified atom stereocenters. The van der Waals surface area contributed by atoms with Gasteiger partial charge in [-0.15, -0.1) is 0 Å². The molecular formula is C20H21NOSn. The summed E-state index contributed by atoms with van der Waals surface area (Å²) < 4.78 is 1.30. The van der Waals surface area contributed by atoms with Crippen LogP contribution in [0.25, 0.3) is 11.1 Å². The Hall–Kier alpha value is -1.81. The Morgan fingerprint density at radius 3 is 2.00 bits per heavy atom. The molecule has 1 heterocycles. The van der Waals surface area contributed by atoms with Crippen molar-refractivity contribution in [2.75, 3.05) is 0 Å². The summed E-state index contributed by atoms with van der Waals surface area (Å²) in [6.07, 6.45) is 1.90. The molecule has 0 saturated heterocycles. The second-order valence-corrected chi connectivity index (χ2v) is 21.0. The van der Waals surface area contributed by atoms with Crippen LogP contribution < -0.4 is 3.71 Å². The van der Waals surface area contributed by atoms with E-state index >= 15 is 0 Å². The van der Waals surface area contributed by atoms with E-state index in [9.17, 15) is 4.79 Å². The maximum absolute atomic E-state index is 13.0.